The molecule has 7 heteroatoms. The summed E-state index contributed by atoms with van der Waals surface area (Å²) in [6.07, 6.45) is 0.924. The maximum atomic E-state index is 12.4. The molecule has 3 rings (SSSR count). The summed E-state index contributed by atoms with van der Waals surface area (Å²) in [6.45, 7) is 3.43. The molecule has 1 aliphatic rings. The summed E-state index contributed by atoms with van der Waals surface area (Å²) in [7, 11) is 0. The second kappa shape index (κ2) is 7.80. The third kappa shape index (κ3) is 4.86. The second-order valence-electron chi connectivity index (χ2n) is 6.72. The Morgan fingerprint density at radius 1 is 0.963 bits per heavy atom. The van der Waals surface area contributed by atoms with Crippen molar-refractivity contribution in [2.75, 3.05) is 16.0 Å². The van der Waals surface area contributed by atoms with Crippen LogP contribution in [0.15, 0.2) is 42.5 Å². The number of carbonyl (C=O) groups excluding carboxylic acids is 3. The van der Waals surface area contributed by atoms with Crippen LogP contribution in [-0.2, 0) is 9.59 Å². The van der Waals surface area contributed by atoms with E-state index in [1.54, 1.807) is 42.5 Å². The topological polar surface area (TPSA) is 87.3 Å². The molecule has 140 valence electrons. The third-order valence-electron chi connectivity index (χ3n) is 4.40. The van der Waals surface area contributed by atoms with E-state index in [0.717, 1.165) is 6.42 Å². The zero-order valence-corrected chi connectivity index (χ0v) is 15.8. The van der Waals surface area contributed by atoms with Crippen LogP contribution in [0.1, 0.15) is 30.6 Å². The number of anilines is 3. The average Bonchev–Trinajstić information content (AvgIpc) is 3.35. The molecule has 3 N–H and O–H groups in total. The molecule has 6 nitrogen and oxygen atoms in total. The highest BCUT2D eigenvalue weighted by Crippen LogP contribution is 2.38. The van der Waals surface area contributed by atoms with Crippen LogP contribution in [-0.4, -0.2) is 17.7 Å². The standard InChI is InChI=1S/C20H20ClN3O3/c1-11-9-16(11)20(27)23-14-5-3-13(4-6-14)19(26)24-15-7-8-17(21)18(10-15)22-12(2)25/h3-8,10-11,16H,9H2,1-2H3,(H,22,25)(H,23,27)(H,24,26). The van der Waals surface area contributed by atoms with E-state index in [1.165, 1.54) is 6.92 Å². The van der Waals surface area contributed by atoms with Crippen molar-refractivity contribution in [3.05, 3.63) is 53.1 Å². The average molecular weight is 386 g/mol. The predicted molar refractivity (Wildman–Crippen MR) is 106 cm³/mol. The van der Waals surface area contributed by atoms with Gasteiger partial charge in [-0.3, -0.25) is 14.4 Å². The van der Waals surface area contributed by atoms with Crippen molar-refractivity contribution in [2.24, 2.45) is 11.8 Å². The van der Waals surface area contributed by atoms with Crippen molar-refractivity contribution >= 4 is 46.4 Å². The smallest absolute Gasteiger partial charge is 0.255 e. The van der Waals surface area contributed by atoms with E-state index in [1.807, 2.05) is 6.92 Å². The van der Waals surface area contributed by atoms with E-state index in [-0.39, 0.29) is 23.6 Å². The van der Waals surface area contributed by atoms with Gasteiger partial charge in [-0.15, -0.1) is 0 Å². The number of halogens is 1. The molecular weight excluding hydrogens is 366 g/mol. The lowest BCUT2D eigenvalue weighted by atomic mass is 10.1. The Morgan fingerprint density at radius 2 is 1.59 bits per heavy atom. The van der Waals surface area contributed by atoms with Crippen LogP contribution >= 0.6 is 11.6 Å². The summed E-state index contributed by atoms with van der Waals surface area (Å²) in [5.41, 5.74) is 2.04. The van der Waals surface area contributed by atoms with Crippen LogP contribution in [0.4, 0.5) is 17.1 Å². The minimum atomic E-state index is -0.306. The lowest BCUT2D eigenvalue weighted by molar-refractivity contribution is -0.117. The minimum absolute atomic E-state index is 0.0198. The van der Waals surface area contributed by atoms with Gasteiger partial charge in [0.25, 0.3) is 5.91 Å². The number of rotatable bonds is 5. The van der Waals surface area contributed by atoms with Crippen molar-refractivity contribution in [1.82, 2.24) is 0 Å². The second-order valence-corrected chi connectivity index (χ2v) is 7.12. The zero-order valence-electron chi connectivity index (χ0n) is 15.0. The fourth-order valence-electron chi connectivity index (χ4n) is 2.72. The van der Waals surface area contributed by atoms with Gasteiger partial charge in [-0.2, -0.15) is 0 Å². The van der Waals surface area contributed by atoms with E-state index < -0.39 is 0 Å². The molecule has 2 atom stereocenters. The third-order valence-corrected chi connectivity index (χ3v) is 4.73. The van der Waals surface area contributed by atoms with Gasteiger partial charge in [-0.25, -0.2) is 0 Å². The lowest BCUT2D eigenvalue weighted by Crippen LogP contribution is -2.15. The molecule has 1 aliphatic carbocycles. The number of nitrogens with one attached hydrogen (secondary N) is 3. The molecule has 0 aromatic heterocycles. The van der Waals surface area contributed by atoms with Gasteiger partial charge in [0.15, 0.2) is 0 Å². The summed E-state index contributed by atoms with van der Waals surface area (Å²) in [5, 5.41) is 8.60. The monoisotopic (exact) mass is 385 g/mol. The first kappa shape index (κ1) is 18.9. The maximum absolute atomic E-state index is 12.4. The first-order valence-electron chi connectivity index (χ1n) is 8.63. The van der Waals surface area contributed by atoms with Gasteiger partial charge >= 0.3 is 0 Å². The molecule has 0 bridgehead atoms. The van der Waals surface area contributed by atoms with Crippen molar-refractivity contribution in [3.63, 3.8) is 0 Å². The molecule has 3 amide bonds. The SMILES string of the molecule is CC(=O)Nc1cc(NC(=O)c2ccc(NC(=O)C3CC3C)cc2)ccc1Cl. The van der Waals surface area contributed by atoms with Gasteiger partial charge in [0, 0.05) is 29.8 Å². The minimum Gasteiger partial charge on any atom is -0.326 e. The lowest BCUT2D eigenvalue weighted by Gasteiger charge is -2.10. The number of carbonyl (C=O) groups is 3. The van der Waals surface area contributed by atoms with Gasteiger partial charge in [-0.1, -0.05) is 18.5 Å². The predicted octanol–water partition coefficient (Wildman–Crippen LogP) is 4.15. The number of hydrogen-bond donors (Lipinski definition) is 3. The Labute approximate surface area is 162 Å². The summed E-state index contributed by atoms with van der Waals surface area (Å²) >= 11 is 6.03. The molecule has 0 spiro atoms. The van der Waals surface area contributed by atoms with E-state index >= 15 is 0 Å². The van der Waals surface area contributed by atoms with Crippen LogP contribution in [0.5, 0.6) is 0 Å². The van der Waals surface area contributed by atoms with E-state index in [9.17, 15) is 14.4 Å². The van der Waals surface area contributed by atoms with Crippen molar-refractivity contribution in [1.29, 1.82) is 0 Å². The van der Waals surface area contributed by atoms with E-state index in [4.69, 9.17) is 11.6 Å². The fourth-order valence-corrected chi connectivity index (χ4v) is 2.88. The Bertz CT molecular complexity index is 896. The molecule has 1 saturated carbocycles. The number of amides is 3. The molecule has 0 saturated heterocycles. The zero-order chi connectivity index (χ0) is 19.6. The van der Waals surface area contributed by atoms with Crippen LogP contribution in [0.25, 0.3) is 0 Å². The van der Waals surface area contributed by atoms with Crippen LogP contribution in [0.2, 0.25) is 5.02 Å². The summed E-state index contributed by atoms with van der Waals surface area (Å²) < 4.78 is 0. The molecule has 0 radical (unpaired) electrons. The highest BCUT2D eigenvalue weighted by atomic mass is 35.5. The number of benzene rings is 2. The molecule has 2 aromatic rings. The highest BCUT2D eigenvalue weighted by molar-refractivity contribution is 6.33. The van der Waals surface area contributed by atoms with Gasteiger partial charge in [0.05, 0.1) is 10.7 Å². The van der Waals surface area contributed by atoms with E-state index in [2.05, 4.69) is 16.0 Å². The van der Waals surface area contributed by atoms with Crippen LogP contribution in [0.3, 0.4) is 0 Å². The molecule has 2 unspecified atom stereocenters. The van der Waals surface area contributed by atoms with Crippen molar-refractivity contribution in [2.45, 2.75) is 20.3 Å². The maximum Gasteiger partial charge on any atom is 0.255 e. The first-order valence-corrected chi connectivity index (χ1v) is 9.00. The van der Waals surface area contributed by atoms with Crippen LogP contribution in [0, 0.1) is 11.8 Å². The normalized spacial score (nSPS) is 17.7. The summed E-state index contributed by atoms with van der Waals surface area (Å²) in [5.74, 6) is -0.00254. The van der Waals surface area contributed by atoms with Crippen LogP contribution < -0.4 is 16.0 Å². The molecule has 0 aliphatic heterocycles. The summed E-state index contributed by atoms with van der Waals surface area (Å²) in [4.78, 5) is 35.6. The number of hydrogen-bond acceptors (Lipinski definition) is 3. The van der Waals surface area contributed by atoms with Gasteiger partial charge in [-0.05, 0) is 54.8 Å². The van der Waals surface area contributed by atoms with Gasteiger partial charge < -0.3 is 16.0 Å². The summed E-state index contributed by atoms with van der Waals surface area (Å²) in [6, 6.07) is 11.5. The van der Waals surface area contributed by atoms with Crippen molar-refractivity contribution < 1.29 is 14.4 Å². The molecular formula is C20H20ClN3O3. The quantitative estimate of drug-likeness (QED) is 0.722. The Kier molecular flexibility index (Phi) is 5.46. The van der Waals surface area contributed by atoms with Crippen molar-refractivity contribution in [3.8, 4) is 0 Å². The largest absolute Gasteiger partial charge is 0.326 e. The fraction of sp³-hybridized carbons (Fsp3) is 0.250. The molecule has 2 aromatic carbocycles. The Hall–Kier alpha value is -2.86. The van der Waals surface area contributed by atoms with Gasteiger partial charge in [0.1, 0.15) is 0 Å². The molecule has 27 heavy (non-hydrogen) atoms. The van der Waals surface area contributed by atoms with Gasteiger partial charge in [0.2, 0.25) is 11.8 Å². The Morgan fingerprint density at radius 3 is 2.19 bits per heavy atom. The first-order chi connectivity index (χ1) is 12.8. The molecule has 0 heterocycles. The van der Waals surface area contributed by atoms with E-state index in [0.29, 0.717) is 33.6 Å². The molecule has 1 fully saturated rings. The highest BCUT2D eigenvalue weighted by Gasteiger charge is 2.39. The Balaban J connectivity index is 1.64.